The van der Waals surface area contributed by atoms with Gasteiger partial charge in [0.2, 0.25) is 0 Å². The SMILES string of the molecule is OC(Cc1nccs1)C1CCCCC1C(F)(F)F. The zero-order chi connectivity index (χ0) is 13.2. The zero-order valence-electron chi connectivity index (χ0n) is 9.86. The van der Waals surface area contributed by atoms with E-state index >= 15 is 0 Å². The Balaban J connectivity index is 2.04. The van der Waals surface area contributed by atoms with E-state index in [0.29, 0.717) is 17.8 Å². The molecule has 1 aromatic heterocycles. The standard InChI is InChI=1S/C12H16F3NOS/c13-12(14,15)9-4-2-1-3-8(9)10(17)7-11-16-5-6-18-11/h5-6,8-10,17H,1-4,7H2. The number of halogens is 3. The quantitative estimate of drug-likeness (QED) is 0.919. The van der Waals surface area contributed by atoms with E-state index in [2.05, 4.69) is 4.98 Å². The normalized spacial score (nSPS) is 27.1. The summed E-state index contributed by atoms with van der Waals surface area (Å²) in [6.07, 6.45) is -1.34. The number of thiazole rings is 1. The number of hydrogen-bond donors (Lipinski definition) is 1. The molecule has 0 bridgehead atoms. The smallest absolute Gasteiger partial charge is 0.392 e. The first-order valence-corrected chi connectivity index (χ1v) is 6.99. The monoisotopic (exact) mass is 279 g/mol. The Morgan fingerprint density at radius 3 is 2.72 bits per heavy atom. The largest absolute Gasteiger partial charge is 0.392 e. The van der Waals surface area contributed by atoms with Crippen molar-refractivity contribution in [3.63, 3.8) is 0 Å². The molecule has 1 aliphatic rings. The van der Waals surface area contributed by atoms with Crippen molar-refractivity contribution >= 4 is 11.3 Å². The van der Waals surface area contributed by atoms with Gasteiger partial charge in [-0.2, -0.15) is 13.2 Å². The fraction of sp³-hybridized carbons (Fsp3) is 0.750. The highest BCUT2D eigenvalue weighted by atomic mass is 32.1. The van der Waals surface area contributed by atoms with Gasteiger partial charge in [0.05, 0.1) is 17.0 Å². The summed E-state index contributed by atoms with van der Waals surface area (Å²) >= 11 is 1.37. The van der Waals surface area contributed by atoms with E-state index in [1.165, 1.54) is 11.3 Å². The lowest BCUT2D eigenvalue weighted by Crippen LogP contribution is -2.40. The van der Waals surface area contributed by atoms with Gasteiger partial charge in [-0.1, -0.05) is 12.8 Å². The summed E-state index contributed by atoms with van der Waals surface area (Å²) < 4.78 is 38.7. The van der Waals surface area contributed by atoms with Crippen LogP contribution >= 0.6 is 11.3 Å². The molecule has 18 heavy (non-hydrogen) atoms. The zero-order valence-corrected chi connectivity index (χ0v) is 10.7. The third kappa shape index (κ3) is 3.23. The van der Waals surface area contributed by atoms with Gasteiger partial charge >= 0.3 is 6.18 Å². The molecule has 0 radical (unpaired) electrons. The number of aliphatic hydroxyl groups is 1. The van der Waals surface area contributed by atoms with Crippen molar-refractivity contribution in [2.24, 2.45) is 11.8 Å². The minimum atomic E-state index is -4.20. The van der Waals surface area contributed by atoms with Crippen LogP contribution in [0.15, 0.2) is 11.6 Å². The lowest BCUT2D eigenvalue weighted by Gasteiger charge is -2.35. The summed E-state index contributed by atoms with van der Waals surface area (Å²) in [7, 11) is 0. The predicted molar refractivity (Wildman–Crippen MR) is 63.3 cm³/mol. The maximum absolute atomic E-state index is 12.9. The molecule has 0 saturated heterocycles. The molecule has 1 N–H and O–H groups in total. The van der Waals surface area contributed by atoms with Crippen LogP contribution in [0.5, 0.6) is 0 Å². The van der Waals surface area contributed by atoms with Crippen molar-refractivity contribution in [3.05, 3.63) is 16.6 Å². The lowest BCUT2D eigenvalue weighted by molar-refractivity contribution is -0.206. The molecule has 6 heteroatoms. The number of aliphatic hydroxyl groups excluding tert-OH is 1. The number of nitrogens with zero attached hydrogens (tertiary/aromatic N) is 1. The van der Waals surface area contributed by atoms with Gasteiger partial charge in [0.1, 0.15) is 0 Å². The summed E-state index contributed by atoms with van der Waals surface area (Å²) in [4.78, 5) is 4.02. The second-order valence-corrected chi connectivity index (χ2v) is 5.77. The van der Waals surface area contributed by atoms with E-state index in [1.807, 2.05) is 0 Å². The van der Waals surface area contributed by atoms with Gasteiger partial charge < -0.3 is 5.11 Å². The third-order valence-electron chi connectivity index (χ3n) is 3.60. The maximum atomic E-state index is 12.9. The van der Waals surface area contributed by atoms with Crippen molar-refractivity contribution in [2.45, 2.75) is 44.4 Å². The van der Waals surface area contributed by atoms with E-state index in [1.54, 1.807) is 11.6 Å². The molecule has 1 fully saturated rings. The number of rotatable bonds is 3. The van der Waals surface area contributed by atoms with Gasteiger partial charge in [0.25, 0.3) is 0 Å². The van der Waals surface area contributed by atoms with Crippen molar-refractivity contribution in [3.8, 4) is 0 Å². The molecule has 0 aromatic carbocycles. The second kappa shape index (κ2) is 5.57. The lowest BCUT2D eigenvalue weighted by atomic mass is 9.75. The van der Waals surface area contributed by atoms with Crippen LogP contribution in [0.1, 0.15) is 30.7 Å². The Morgan fingerprint density at radius 1 is 1.39 bits per heavy atom. The van der Waals surface area contributed by atoms with Gasteiger partial charge in [0, 0.05) is 18.0 Å². The topological polar surface area (TPSA) is 33.1 Å². The molecule has 3 atom stereocenters. The minimum Gasteiger partial charge on any atom is -0.392 e. The van der Waals surface area contributed by atoms with Crippen molar-refractivity contribution in [1.29, 1.82) is 0 Å². The van der Waals surface area contributed by atoms with Crippen LogP contribution in [0.3, 0.4) is 0 Å². The van der Waals surface area contributed by atoms with E-state index in [0.717, 1.165) is 6.42 Å². The average Bonchev–Trinajstić information content (AvgIpc) is 2.80. The number of alkyl halides is 3. The second-order valence-electron chi connectivity index (χ2n) is 4.79. The van der Waals surface area contributed by atoms with Crippen LogP contribution < -0.4 is 0 Å². The van der Waals surface area contributed by atoms with Gasteiger partial charge in [-0.05, 0) is 18.8 Å². The van der Waals surface area contributed by atoms with E-state index in [-0.39, 0.29) is 12.8 Å². The number of aromatic nitrogens is 1. The Kier molecular flexibility index (Phi) is 4.27. The maximum Gasteiger partial charge on any atom is 0.392 e. The molecule has 1 aromatic rings. The highest BCUT2D eigenvalue weighted by Crippen LogP contribution is 2.43. The summed E-state index contributed by atoms with van der Waals surface area (Å²) in [5, 5.41) is 12.5. The van der Waals surface area contributed by atoms with Crippen LogP contribution in [0.2, 0.25) is 0 Å². The molecule has 0 amide bonds. The summed E-state index contributed by atoms with van der Waals surface area (Å²) in [5.74, 6) is -2.04. The summed E-state index contributed by atoms with van der Waals surface area (Å²) in [6, 6.07) is 0. The van der Waals surface area contributed by atoms with Gasteiger partial charge in [0.15, 0.2) is 0 Å². The Labute approximate surface area is 108 Å². The van der Waals surface area contributed by atoms with Crippen molar-refractivity contribution in [1.82, 2.24) is 4.98 Å². The first-order valence-electron chi connectivity index (χ1n) is 6.11. The molecule has 0 aliphatic heterocycles. The minimum absolute atomic E-state index is 0.142. The first kappa shape index (κ1) is 13.8. The van der Waals surface area contributed by atoms with Crippen LogP contribution in [0.4, 0.5) is 13.2 Å². The molecule has 3 unspecified atom stereocenters. The Bertz CT molecular complexity index is 366. The molecule has 1 aliphatic carbocycles. The van der Waals surface area contributed by atoms with E-state index in [9.17, 15) is 18.3 Å². The van der Waals surface area contributed by atoms with Gasteiger partial charge in [-0.25, -0.2) is 4.98 Å². The van der Waals surface area contributed by atoms with E-state index in [4.69, 9.17) is 0 Å². The van der Waals surface area contributed by atoms with E-state index < -0.39 is 24.1 Å². The average molecular weight is 279 g/mol. The molecular formula is C12H16F3NOS. The number of hydrogen-bond acceptors (Lipinski definition) is 3. The highest BCUT2D eigenvalue weighted by molar-refractivity contribution is 7.09. The molecular weight excluding hydrogens is 263 g/mol. The van der Waals surface area contributed by atoms with Gasteiger partial charge in [-0.3, -0.25) is 0 Å². The Hall–Kier alpha value is -0.620. The molecule has 2 nitrogen and oxygen atoms in total. The van der Waals surface area contributed by atoms with Crippen LogP contribution in [-0.2, 0) is 6.42 Å². The fourth-order valence-electron chi connectivity index (χ4n) is 2.71. The van der Waals surface area contributed by atoms with Gasteiger partial charge in [-0.15, -0.1) is 11.3 Å². The van der Waals surface area contributed by atoms with Crippen molar-refractivity contribution in [2.75, 3.05) is 0 Å². The van der Waals surface area contributed by atoms with Crippen LogP contribution in [-0.4, -0.2) is 22.4 Å². The predicted octanol–water partition coefficient (Wildman–Crippen LogP) is 3.42. The molecule has 0 spiro atoms. The Morgan fingerprint density at radius 2 is 2.11 bits per heavy atom. The molecule has 1 heterocycles. The fourth-order valence-corrected chi connectivity index (χ4v) is 3.38. The molecule has 102 valence electrons. The van der Waals surface area contributed by atoms with Crippen molar-refractivity contribution < 1.29 is 18.3 Å². The summed E-state index contributed by atoms with van der Waals surface area (Å²) in [5.41, 5.74) is 0. The van der Waals surface area contributed by atoms with Crippen LogP contribution in [0, 0.1) is 11.8 Å². The first-order chi connectivity index (χ1) is 8.48. The molecule has 2 rings (SSSR count). The third-order valence-corrected chi connectivity index (χ3v) is 4.40. The highest BCUT2D eigenvalue weighted by Gasteiger charge is 2.47. The van der Waals surface area contributed by atoms with Crippen LogP contribution in [0.25, 0.3) is 0 Å². The molecule has 1 saturated carbocycles. The summed E-state index contributed by atoms with van der Waals surface area (Å²) in [6.45, 7) is 0.